The van der Waals surface area contributed by atoms with Crippen LogP contribution >= 0.6 is 0 Å². The number of hydrogen-bond acceptors (Lipinski definition) is 6. The quantitative estimate of drug-likeness (QED) is 0.262. The molecule has 36 heavy (non-hydrogen) atoms. The van der Waals surface area contributed by atoms with Crippen molar-refractivity contribution < 1.29 is 28.0 Å². The molecule has 0 saturated heterocycles. The van der Waals surface area contributed by atoms with E-state index in [0.29, 0.717) is 11.1 Å². The van der Waals surface area contributed by atoms with Crippen LogP contribution in [0.15, 0.2) is 36.4 Å². The second-order valence-electron chi connectivity index (χ2n) is 12.3. The molecule has 192 valence electrons. The van der Waals surface area contributed by atoms with E-state index in [1.54, 1.807) is 39.8 Å². The van der Waals surface area contributed by atoms with E-state index in [-0.39, 0.29) is 39.6 Å². The molecule has 0 aromatic heterocycles. The maximum atomic E-state index is 13.5. The van der Waals surface area contributed by atoms with Gasteiger partial charge >= 0.3 is 0 Å². The van der Waals surface area contributed by atoms with Crippen molar-refractivity contribution in [3.05, 3.63) is 69.8 Å². The lowest BCUT2D eigenvalue weighted by Crippen LogP contribution is -2.44. The number of hydrogen-bond donors (Lipinski definition) is 0. The Morgan fingerprint density at radius 3 is 1.19 bits per heavy atom. The van der Waals surface area contributed by atoms with E-state index in [0.717, 1.165) is 0 Å². The molecule has 0 spiro atoms. The Balaban J connectivity index is 2.02. The predicted molar refractivity (Wildman–Crippen MR) is 145 cm³/mol. The molecule has 8 heteroatoms. The minimum atomic E-state index is -2.02. The van der Waals surface area contributed by atoms with Crippen LogP contribution in [0.5, 0.6) is 0 Å². The second kappa shape index (κ2) is 9.09. The van der Waals surface area contributed by atoms with Crippen molar-refractivity contribution in [1.82, 2.24) is 0 Å². The first kappa shape index (κ1) is 28.1. The van der Waals surface area contributed by atoms with Gasteiger partial charge in [0.15, 0.2) is 39.8 Å². The SMILES string of the molecule is CC(C)(O[Si](C)(C)C)C(=O)c1ccc2c(c1)C(=O)c1cc(C(=O)C(C)(C)O[Si](C)(C)C)ccc1C2=O. The highest BCUT2D eigenvalue weighted by Crippen LogP contribution is 2.32. The lowest BCUT2D eigenvalue weighted by atomic mass is 9.81. The van der Waals surface area contributed by atoms with Crippen LogP contribution in [0.25, 0.3) is 0 Å². The van der Waals surface area contributed by atoms with Gasteiger partial charge in [0.1, 0.15) is 11.2 Å². The fourth-order valence-electron chi connectivity index (χ4n) is 4.75. The third kappa shape index (κ3) is 5.72. The molecule has 3 rings (SSSR count). The van der Waals surface area contributed by atoms with Crippen LogP contribution in [0, 0.1) is 0 Å². The molecule has 0 saturated carbocycles. The number of ketones is 4. The van der Waals surface area contributed by atoms with Crippen LogP contribution in [0.3, 0.4) is 0 Å². The van der Waals surface area contributed by atoms with Gasteiger partial charge in [-0.3, -0.25) is 19.2 Å². The van der Waals surface area contributed by atoms with Crippen molar-refractivity contribution in [2.24, 2.45) is 0 Å². The molecule has 0 amide bonds. The molecule has 0 fully saturated rings. The zero-order valence-corrected chi connectivity index (χ0v) is 24.9. The van der Waals surface area contributed by atoms with Crippen molar-refractivity contribution >= 4 is 39.8 Å². The van der Waals surface area contributed by atoms with Gasteiger partial charge < -0.3 is 8.85 Å². The Hall–Kier alpha value is -2.53. The van der Waals surface area contributed by atoms with E-state index >= 15 is 0 Å². The van der Waals surface area contributed by atoms with Crippen LogP contribution in [-0.4, -0.2) is 51.0 Å². The smallest absolute Gasteiger partial charge is 0.194 e. The van der Waals surface area contributed by atoms with Crippen LogP contribution in [0.4, 0.5) is 0 Å². The fraction of sp³-hybridized carbons (Fsp3) is 0.429. The Labute approximate surface area is 215 Å². The normalized spacial score (nSPS) is 14.4. The highest BCUT2D eigenvalue weighted by Gasteiger charge is 2.38. The molecule has 0 unspecified atom stereocenters. The zero-order valence-electron chi connectivity index (χ0n) is 22.9. The Bertz CT molecular complexity index is 1180. The summed E-state index contributed by atoms with van der Waals surface area (Å²) in [7, 11) is -4.04. The van der Waals surface area contributed by atoms with E-state index in [2.05, 4.69) is 0 Å². The number of Topliss-reactive ketones (excluding diaryl/α,β-unsaturated/α-hetero) is 2. The topological polar surface area (TPSA) is 86.7 Å². The standard InChI is InChI=1S/C28H36O6Si2/c1-27(2,33-35(5,6)7)25(31)17-11-13-19-21(15-17)24(30)22-16-18(12-14-20(22)23(19)29)26(32)28(3,4)34-36(8,9)10/h11-16H,1-10H3. The highest BCUT2D eigenvalue weighted by molar-refractivity contribution is 6.70. The lowest BCUT2D eigenvalue weighted by molar-refractivity contribution is 0.0557. The molecule has 0 radical (unpaired) electrons. The summed E-state index contributed by atoms with van der Waals surface area (Å²) >= 11 is 0. The zero-order chi connectivity index (χ0) is 27.4. The summed E-state index contributed by atoms with van der Waals surface area (Å²) in [5, 5.41) is 0. The molecule has 1 aliphatic rings. The summed E-state index contributed by atoms with van der Waals surface area (Å²) in [6.45, 7) is 18.9. The summed E-state index contributed by atoms with van der Waals surface area (Å²) in [5.74, 6) is -1.22. The van der Waals surface area contributed by atoms with E-state index in [1.807, 2.05) is 39.3 Å². The van der Waals surface area contributed by atoms with Gasteiger partial charge in [-0.2, -0.15) is 0 Å². The molecule has 0 aliphatic heterocycles. The van der Waals surface area contributed by atoms with E-state index in [9.17, 15) is 19.2 Å². The number of rotatable bonds is 8. The number of carbonyl (C=O) groups is 4. The van der Waals surface area contributed by atoms with Gasteiger partial charge in [-0.15, -0.1) is 0 Å². The summed E-state index contributed by atoms with van der Waals surface area (Å²) in [4.78, 5) is 53.3. The van der Waals surface area contributed by atoms with Gasteiger partial charge in [0.05, 0.1) is 0 Å². The molecule has 1 aliphatic carbocycles. The van der Waals surface area contributed by atoms with Crippen molar-refractivity contribution in [1.29, 1.82) is 0 Å². The Morgan fingerprint density at radius 2 is 0.889 bits per heavy atom. The molecule has 0 N–H and O–H groups in total. The monoisotopic (exact) mass is 524 g/mol. The first-order valence-corrected chi connectivity index (χ1v) is 18.9. The molecule has 2 aromatic carbocycles. The molecular weight excluding hydrogens is 488 g/mol. The third-order valence-corrected chi connectivity index (χ3v) is 8.00. The van der Waals surface area contributed by atoms with Crippen LogP contribution < -0.4 is 0 Å². The predicted octanol–water partition coefficient (Wildman–Crippen LogP) is 6.09. The van der Waals surface area contributed by atoms with Gasteiger partial charge in [0.2, 0.25) is 0 Å². The molecule has 0 atom stereocenters. The lowest BCUT2D eigenvalue weighted by Gasteiger charge is -2.32. The summed E-state index contributed by atoms with van der Waals surface area (Å²) in [6.07, 6.45) is 0. The first-order valence-electron chi connectivity index (χ1n) is 12.1. The Kier molecular flexibility index (Phi) is 7.09. The van der Waals surface area contributed by atoms with Crippen LogP contribution in [0.2, 0.25) is 39.3 Å². The summed E-state index contributed by atoms with van der Waals surface area (Å²) in [5.41, 5.74) is -0.727. The molecular formula is C28H36O6Si2. The average molecular weight is 525 g/mol. The molecule has 0 bridgehead atoms. The van der Waals surface area contributed by atoms with Gasteiger partial charge in [0, 0.05) is 33.4 Å². The van der Waals surface area contributed by atoms with Crippen molar-refractivity contribution in [2.75, 3.05) is 0 Å². The van der Waals surface area contributed by atoms with Gasteiger partial charge in [-0.25, -0.2) is 0 Å². The molecule has 2 aromatic rings. The van der Waals surface area contributed by atoms with Crippen molar-refractivity contribution in [2.45, 2.75) is 78.2 Å². The van der Waals surface area contributed by atoms with Crippen LogP contribution in [-0.2, 0) is 8.85 Å². The first-order chi connectivity index (χ1) is 16.2. The van der Waals surface area contributed by atoms with Crippen molar-refractivity contribution in [3.63, 3.8) is 0 Å². The number of carbonyl (C=O) groups excluding carboxylic acids is 4. The largest absolute Gasteiger partial charge is 0.405 e. The van der Waals surface area contributed by atoms with Gasteiger partial charge in [0.25, 0.3) is 0 Å². The molecule has 0 heterocycles. The maximum absolute atomic E-state index is 13.5. The fourth-order valence-corrected chi connectivity index (χ4v) is 8.00. The number of fused-ring (bicyclic) bond motifs is 2. The van der Waals surface area contributed by atoms with E-state index < -0.39 is 33.6 Å². The summed E-state index contributed by atoms with van der Waals surface area (Å²) < 4.78 is 12.2. The average Bonchev–Trinajstić information content (AvgIpc) is 2.72. The minimum Gasteiger partial charge on any atom is -0.405 e. The van der Waals surface area contributed by atoms with Gasteiger partial charge in [-0.05, 0) is 91.2 Å². The second-order valence-corrected chi connectivity index (χ2v) is 21.1. The molecule has 6 nitrogen and oxygen atoms in total. The summed E-state index contributed by atoms with van der Waals surface area (Å²) in [6, 6.07) is 9.15. The van der Waals surface area contributed by atoms with E-state index in [4.69, 9.17) is 8.85 Å². The van der Waals surface area contributed by atoms with Gasteiger partial charge in [-0.1, -0.05) is 12.1 Å². The maximum Gasteiger partial charge on any atom is 0.194 e. The van der Waals surface area contributed by atoms with Crippen molar-refractivity contribution in [3.8, 4) is 0 Å². The third-order valence-electron chi connectivity index (χ3n) is 5.76. The Morgan fingerprint density at radius 1 is 0.583 bits per heavy atom. The van der Waals surface area contributed by atoms with E-state index in [1.165, 1.54) is 24.3 Å². The minimum absolute atomic E-state index is 0.157. The van der Waals surface area contributed by atoms with Crippen LogP contribution in [0.1, 0.15) is 80.3 Å². The highest BCUT2D eigenvalue weighted by atomic mass is 28.4. The number of benzene rings is 2.